The van der Waals surface area contributed by atoms with Crippen molar-refractivity contribution < 1.29 is 8.68 Å². The van der Waals surface area contributed by atoms with Crippen molar-refractivity contribution in [2.24, 2.45) is 0 Å². The van der Waals surface area contributed by atoms with Crippen LogP contribution in [0.3, 0.4) is 0 Å². The van der Waals surface area contributed by atoms with Gasteiger partial charge in [0.1, 0.15) is 17.7 Å². The summed E-state index contributed by atoms with van der Waals surface area (Å²) in [5, 5.41) is 9.18. The normalized spacial score (nSPS) is 17.2. The molecular formula is C16H18FN3OS. The van der Waals surface area contributed by atoms with Crippen molar-refractivity contribution in [3.63, 3.8) is 0 Å². The van der Waals surface area contributed by atoms with E-state index in [4.69, 9.17) is 0 Å². The highest BCUT2D eigenvalue weighted by Crippen LogP contribution is 2.40. The van der Waals surface area contributed by atoms with E-state index in [1.807, 2.05) is 32.0 Å². The molecule has 6 heteroatoms. The van der Waals surface area contributed by atoms with Gasteiger partial charge in [0.2, 0.25) is 0 Å². The third-order valence-electron chi connectivity index (χ3n) is 3.78. The Morgan fingerprint density at radius 3 is 2.64 bits per heavy atom. The molecule has 0 spiro atoms. The van der Waals surface area contributed by atoms with Crippen molar-refractivity contribution in [1.29, 1.82) is 5.26 Å². The molecule has 1 aromatic carbocycles. The van der Waals surface area contributed by atoms with E-state index in [2.05, 4.69) is 0 Å². The van der Waals surface area contributed by atoms with Crippen LogP contribution in [0, 0.1) is 25.2 Å². The molecule has 1 aromatic rings. The van der Waals surface area contributed by atoms with Crippen molar-refractivity contribution in [3.8, 4) is 6.07 Å². The number of Topliss-reactive ketones (excluding diaryl/α,β-unsaturated/α-hetero) is 1. The Morgan fingerprint density at radius 1 is 1.45 bits per heavy atom. The summed E-state index contributed by atoms with van der Waals surface area (Å²) in [7, 11) is 3.48. The highest BCUT2D eigenvalue weighted by atomic mass is 32.2. The lowest BCUT2D eigenvalue weighted by atomic mass is 10.00. The number of ketones is 1. The first-order chi connectivity index (χ1) is 10.4. The van der Waals surface area contributed by atoms with Crippen LogP contribution in [0.5, 0.6) is 0 Å². The zero-order valence-electron chi connectivity index (χ0n) is 13.1. The van der Waals surface area contributed by atoms with Crippen LogP contribution in [0.15, 0.2) is 23.9 Å². The van der Waals surface area contributed by atoms with E-state index in [1.165, 1.54) is 10.5 Å². The maximum atomic E-state index is 13.4. The molecule has 1 heterocycles. The van der Waals surface area contributed by atoms with Gasteiger partial charge in [-0.1, -0.05) is 6.07 Å². The average Bonchev–Trinajstić information content (AvgIpc) is 2.81. The summed E-state index contributed by atoms with van der Waals surface area (Å²) in [6.45, 7) is 3.95. The molecule has 0 fully saturated rings. The molecule has 0 N–H and O–H groups in total. The lowest BCUT2D eigenvalue weighted by molar-refractivity contribution is -0.116. The Bertz CT molecular complexity index is 679. The number of benzene rings is 1. The molecule has 0 aromatic heterocycles. The van der Waals surface area contributed by atoms with Crippen LogP contribution in [0.4, 0.5) is 9.57 Å². The van der Waals surface area contributed by atoms with Crippen LogP contribution in [0.1, 0.15) is 16.7 Å². The third kappa shape index (κ3) is 2.95. The van der Waals surface area contributed by atoms with Crippen molar-refractivity contribution in [2.45, 2.75) is 26.3 Å². The molecule has 0 amide bonds. The highest BCUT2D eigenvalue weighted by Gasteiger charge is 2.37. The largest absolute Gasteiger partial charge is 0.382 e. The lowest BCUT2D eigenvalue weighted by Gasteiger charge is -2.21. The van der Waals surface area contributed by atoms with Gasteiger partial charge in [-0.3, -0.25) is 9.10 Å². The van der Waals surface area contributed by atoms with E-state index in [0.717, 1.165) is 22.4 Å². The number of anilines is 1. The van der Waals surface area contributed by atoms with Crippen LogP contribution in [-0.2, 0) is 11.2 Å². The van der Waals surface area contributed by atoms with E-state index in [9.17, 15) is 13.9 Å². The van der Waals surface area contributed by atoms with Crippen molar-refractivity contribution >= 4 is 23.8 Å². The maximum Gasteiger partial charge on any atom is 0.198 e. The number of carbonyl (C=O) groups excluding carboxylic acids is 1. The summed E-state index contributed by atoms with van der Waals surface area (Å²) in [6.07, 6.45) is 1.89. The van der Waals surface area contributed by atoms with Crippen molar-refractivity contribution in [3.05, 3.63) is 40.6 Å². The van der Waals surface area contributed by atoms with Gasteiger partial charge in [0.15, 0.2) is 18.1 Å². The third-order valence-corrected chi connectivity index (χ3v) is 4.38. The SMILES string of the molecule is Cc1cc2c(cc1C)N(SF)C(C(=O)/C(C#N)=C/N(C)C)C2. The summed E-state index contributed by atoms with van der Waals surface area (Å²) >= 11 is 0.0351. The minimum atomic E-state index is -0.683. The second kappa shape index (κ2) is 6.41. The monoisotopic (exact) mass is 319 g/mol. The van der Waals surface area contributed by atoms with Gasteiger partial charge in [0.05, 0.1) is 5.69 Å². The van der Waals surface area contributed by atoms with Crippen LogP contribution in [0.2, 0.25) is 0 Å². The summed E-state index contributed by atoms with van der Waals surface area (Å²) in [5.41, 5.74) is 3.86. The standard InChI is InChI=1S/C16H18FN3OS/c1-10-5-12-7-15(16(21)13(8-18)9-19(3)4)20(22-17)14(12)6-11(10)2/h5-6,9,15H,7H2,1-4H3/b13-9+. The summed E-state index contributed by atoms with van der Waals surface area (Å²) in [4.78, 5) is 14.2. The van der Waals surface area contributed by atoms with E-state index in [-0.39, 0.29) is 23.7 Å². The molecule has 0 saturated carbocycles. The van der Waals surface area contributed by atoms with Gasteiger partial charge in [0.25, 0.3) is 0 Å². The second-order valence-electron chi connectivity index (χ2n) is 5.66. The van der Waals surface area contributed by atoms with Gasteiger partial charge >= 0.3 is 0 Å². The summed E-state index contributed by atoms with van der Waals surface area (Å²) in [6, 6.07) is 5.12. The molecule has 4 nitrogen and oxygen atoms in total. The van der Waals surface area contributed by atoms with Crippen LogP contribution in [0.25, 0.3) is 0 Å². The Labute approximate surface area is 134 Å². The molecular weight excluding hydrogens is 301 g/mol. The smallest absolute Gasteiger partial charge is 0.198 e. The van der Waals surface area contributed by atoms with Crippen LogP contribution in [-0.4, -0.2) is 30.8 Å². The first-order valence-electron chi connectivity index (χ1n) is 6.89. The fourth-order valence-corrected chi connectivity index (χ4v) is 3.07. The van der Waals surface area contributed by atoms with Crippen LogP contribution < -0.4 is 4.31 Å². The molecule has 0 radical (unpaired) electrons. The molecule has 116 valence electrons. The second-order valence-corrected chi connectivity index (χ2v) is 6.19. The number of carbonyl (C=O) groups is 1. The molecule has 1 aliphatic heterocycles. The average molecular weight is 319 g/mol. The van der Waals surface area contributed by atoms with Crippen LogP contribution >= 0.6 is 12.3 Å². The van der Waals surface area contributed by atoms with Crippen molar-refractivity contribution in [1.82, 2.24) is 4.90 Å². The lowest BCUT2D eigenvalue weighted by Crippen LogP contribution is -2.34. The molecule has 0 saturated heterocycles. The fourth-order valence-electron chi connectivity index (χ4n) is 2.56. The molecule has 1 atom stereocenters. The maximum absolute atomic E-state index is 13.4. The Hall–Kier alpha value is -2.00. The van der Waals surface area contributed by atoms with Gasteiger partial charge in [-0.25, -0.2) is 0 Å². The van der Waals surface area contributed by atoms with E-state index in [0.29, 0.717) is 6.42 Å². The highest BCUT2D eigenvalue weighted by molar-refractivity contribution is 7.95. The Kier molecular flexibility index (Phi) is 4.77. The van der Waals surface area contributed by atoms with Gasteiger partial charge in [-0.15, -0.1) is 3.89 Å². The summed E-state index contributed by atoms with van der Waals surface area (Å²) in [5.74, 6) is -0.354. The molecule has 0 aliphatic carbocycles. The Morgan fingerprint density at radius 2 is 2.09 bits per heavy atom. The minimum absolute atomic E-state index is 0.0351. The Balaban J connectivity index is 2.39. The first kappa shape index (κ1) is 16.4. The number of halogens is 1. The quantitative estimate of drug-likeness (QED) is 0.485. The fraction of sp³-hybridized carbons (Fsp3) is 0.375. The van der Waals surface area contributed by atoms with Crippen molar-refractivity contribution in [2.75, 3.05) is 18.4 Å². The molecule has 2 rings (SSSR count). The number of nitriles is 1. The summed E-state index contributed by atoms with van der Waals surface area (Å²) < 4.78 is 14.8. The molecule has 22 heavy (non-hydrogen) atoms. The molecule has 1 unspecified atom stereocenters. The van der Waals surface area contributed by atoms with E-state index in [1.54, 1.807) is 19.0 Å². The van der Waals surface area contributed by atoms with Gasteiger partial charge in [0, 0.05) is 26.7 Å². The predicted octanol–water partition coefficient (Wildman–Crippen LogP) is 3.11. The van der Waals surface area contributed by atoms with Gasteiger partial charge in [-0.05, 0) is 36.6 Å². The zero-order chi connectivity index (χ0) is 16.4. The van der Waals surface area contributed by atoms with Gasteiger partial charge < -0.3 is 4.90 Å². The number of hydrogen-bond donors (Lipinski definition) is 0. The number of rotatable bonds is 4. The number of aryl methyl sites for hydroxylation is 2. The topological polar surface area (TPSA) is 47.3 Å². The predicted molar refractivity (Wildman–Crippen MR) is 87.0 cm³/mol. The minimum Gasteiger partial charge on any atom is -0.382 e. The molecule has 1 aliphatic rings. The zero-order valence-corrected chi connectivity index (χ0v) is 13.9. The number of hydrogen-bond acceptors (Lipinski definition) is 5. The molecule has 0 bridgehead atoms. The first-order valence-corrected chi connectivity index (χ1v) is 7.57. The van der Waals surface area contributed by atoms with Gasteiger partial charge in [-0.2, -0.15) is 5.26 Å². The number of nitrogens with zero attached hydrogens (tertiary/aromatic N) is 3. The van der Waals surface area contributed by atoms with E-state index < -0.39 is 6.04 Å². The van der Waals surface area contributed by atoms with E-state index >= 15 is 0 Å². The number of fused-ring (bicyclic) bond motifs is 1.